The lowest BCUT2D eigenvalue weighted by Crippen LogP contribution is -2.36. The Balaban J connectivity index is 1.68. The summed E-state index contributed by atoms with van der Waals surface area (Å²) in [6.45, 7) is 5.28. The third-order valence-corrected chi connectivity index (χ3v) is 8.58. The molecule has 1 aliphatic heterocycles. The summed E-state index contributed by atoms with van der Waals surface area (Å²) in [6.07, 6.45) is 10.7. The van der Waals surface area contributed by atoms with Gasteiger partial charge >= 0.3 is 5.97 Å². The molecule has 0 unspecified atom stereocenters. The number of carbonyl (C=O) groups is 1. The van der Waals surface area contributed by atoms with E-state index in [-0.39, 0.29) is 0 Å². The molecule has 2 N–H and O–H groups in total. The van der Waals surface area contributed by atoms with E-state index in [0.29, 0.717) is 22.8 Å². The highest BCUT2D eigenvalue weighted by Crippen LogP contribution is 2.41. The second kappa shape index (κ2) is 10.3. The Morgan fingerprint density at radius 2 is 1.97 bits per heavy atom. The Kier molecular flexibility index (Phi) is 7.53. The highest BCUT2D eigenvalue weighted by Gasteiger charge is 2.31. The zero-order valence-electron chi connectivity index (χ0n) is 19.0. The second-order valence-corrected chi connectivity index (χ2v) is 10.4. The van der Waals surface area contributed by atoms with Crippen LogP contribution in [0.3, 0.4) is 0 Å². The van der Waals surface area contributed by atoms with Gasteiger partial charge in [-0.3, -0.25) is 4.90 Å². The molecule has 2 aliphatic carbocycles. The molecule has 168 valence electrons. The fourth-order valence-electron chi connectivity index (χ4n) is 5.61. The van der Waals surface area contributed by atoms with Crippen molar-refractivity contribution in [3.05, 3.63) is 27.0 Å². The van der Waals surface area contributed by atoms with Gasteiger partial charge in [0.15, 0.2) is 0 Å². The number of carboxylic acid groups (broad SMARTS) is 1. The van der Waals surface area contributed by atoms with Crippen molar-refractivity contribution in [2.75, 3.05) is 26.7 Å². The van der Waals surface area contributed by atoms with Crippen molar-refractivity contribution < 1.29 is 9.90 Å². The molecule has 2 heterocycles. The fourth-order valence-corrected chi connectivity index (χ4v) is 6.49. The minimum absolute atomic E-state index is 0.483. The van der Waals surface area contributed by atoms with Gasteiger partial charge in [0.1, 0.15) is 4.88 Å². The molecule has 0 atom stereocenters. The van der Waals surface area contributed by atoms with Crippen molar-refractivity contribution in [1.29, 1.82) is 0 Å². The zero-order chi connectivity index (χ0) is 21.8. The van der Waals surface area contributed by atoms with Crippen LogP contribution in [0.4, 0.5) is 0 Å². The highest BCUT2D eigenvalue weighted by atomic mass is 32.1. The van der Waals surface area contributed by atoms with Crippen LogP contribution in [0.2, 0.25) is 0 Å². The van der Waals surface area contributed by atoms with Crippen molar-refractivity contribution >= 4 is 22.9 Å². The van der Waals surface area contributed by atoms with Crippen LogP contribution in [0.25, 0.3) is 5.57 Å². The zero-order valence-corrected chi connectivity index (χ0v) is 19.8. The van der Waals surface area contributed by atoms with Gasteiger partial charge in [0, 0.05) is 30.6 Å². The van der Waals surface area contributed by atoms with Gasteiger partial charge in [-0.25, -0.2) is 4.79 Å². The quantitative estimate of drug-likeness (QED) is 0.615. The average Bonchev–Trinajstić information content (AvgIpc) is 3.47. The third-order valence-electron chi connectivity index (χ3n) is 7.54. The molecule has 1 aromatic heterocycles. The van der Waals surface area contributed by atoms with Gasteiger partial charge in [-0.15, -0.1) is 11.3 Å². The summed E-state index contributed by atoms with van der Waals surface area (Å²) in [5.74, 6) is 7.01. The van der Waals surface area contributed by atoms with Gasteiger partial charge in [-0.1, -0.05) is 31.6 Å². The second-order valence-electron chi connectivity index (χ2n) is 9.37. The van der Waals surface area contributed by atoms with Gasteiger partial charge < -0.3 is 10.4 Å². The third kappa shape index (κ3) is 5.25. The predicted octanol–water partition coefficient (Wildman–Crippen LogP) is 5.25. The Labute approximate surface area is 191 Å². The van der Waals surface area contributed by atoms with E-state index in [1.54, 1.807) is 0 Å². The van der Waals surface area contributed by atoms with E-state index in [0.717, 1.165) is 36.5 Å². The Morgan fingerprint density at radius 3 is 2.61 bits per heavy atom. The number of likely N-dealkylation sites (N-methyl/N-ethyl adjacent to an activating group) is 1. The van der Waals surface area contributed by atoms with Crippen LogP contribution in [0, 0.1) is 23.7 Å². The minimum Gasteiger partial charge on any atom is -0.477 e. The maximum Gasteiger partial charge on any atom is 0.346 e. The van der Waals surface area contributed by atoms with Crippen LogP contribution < -0.4 is 5.32 Å². The Hall–Kier alpha value is -1.61. The van der Waals surface area contributed by atoms with Gasteiger partial charge in [0.25, 0.3) is 0 Å². The highest BCUT2D eigenvalue weighted by molar-refractivity contribution is 7.14. The van der Waals surface area contributed by atoms with Gasteiger partial charge in [0.2, 0.25) is 0 Å². The van der Waals surface area contributed by atoms with E-state index in [1.165, 1.54) is 73.8 Å². The molecule has 5 heteroatoms. The van der Waals surface area contributed by atoms with E-state index in [9.17, 15) is 9.90 Å². The number of rotatable bonds is 5. The fraction of sp³-hybridized carbons (Fsp3) is 0.654. The Morgan fingerprint density at radius 1 is 1.23 bits per heavy atom. The van der Waals surface area contributed by atoms with Gasteiger partial charge in [-0.2, -0.15) is 0 Å². The number of hydrogen-bond acceptors (Lipinski definition) is 4. The molecule has 1 aromatic rings. The lowest BCUT2D eigenvalue weighted by Gasteiger charge is -2.37. The molecule has 0 radical (unpaired) electrons. The molecular weight excluding hydrogens is 404 g/mol. The molecule has 0 amide bonds. The summed E-state index contributed by atoms with van der Waals surface area (Å²) in [5.41, 5.74) is 3.76. The molecule has 31 heavy (non-hydrogen) atoms. The SMILES string of the molecule is CCN1CCC(c2cc(C#CC3CCCC3)sc2C(=O)O)=C(C2CCC(NC)CC2)C1. The molecule has 0 saturated heterocycles. The van der Waals surface area contributed by atoms with Crippen molar-refractivity contribution in [2.24, 2.45) is 11.8 Å². The minimum atomic E-state index is -0.808. The Bertz CT molecular complexity index is 877. The first-order valence-corrected chi connectivity index (χ1v) is 12.9. The lowest BCUT2D eigenvalue weighted by molar-refractivity contribution is 0.0702. The van der Waals surface area contributed by atoms with Crippen LogP contribution in [-0.4, -0.2) is 48.7 Å². The average molecular weight is 441 g/mol. The molecular formula is C26H36N2O2S. The molecule has 0 aromatic carbocycles. The van der Waals surface area contributed by atoms with Crippen molar-refractivity contribution in [2.45, 2.75) is 70.8 Å². The summed E-state index contributed by atoms with van der Waals surface area (Å²) in [7, 11) is 2.06. The number of nitrogens with zero attached hydrogens (tertiary/aromatic N) is 1. The smallest absolute Gasteiger partial charge is 0.346 e. The van der Waals surface area contributed by atoms with Crippen LogP contribution in [-0.2, 0) is 0 Å². The van der Waals surface area contributed by atoms with Crippen LogP contribution in [0.1, 0.15) is 84.8 Å². The monoisotopic (exact) mass is 440 g/mol. The molecule has 0 spiro atoms. The summed E-state index contributed by atoms with van der Waals surface area (Å²) in [4.78, 5) is 16.1. The summed E-state index contributed by atoms with van der Waals surface area (Å²) in [5, 5.41) is 13.4. The standard InChI is InChI=1S/C26H36N2O2S/c1-3-28-15-14-22(24(17-28)19-9-11-20(27-2)12-10-19)23-16-21(31-25(23)26(29)30)13-8-18-6-4-5-7-18/h16,18-20,27H,3-7,9-12,14-15,17H2,1-2H3,(H,29,30). The topological polar surface area (TPSA) is 52.6 Å². The summed E-state index contributed by atoms with van der Waals surface area (Å²) in [6, 6.07) is 2.71. The molecule has 2 fully saturated rings. The van der Waals surface area contributed by atoms with Crippen LogP contribution in [0.15, 0.2) is 11.6 Å². The summed E-state index contributed by atoms with van der Waals surface area (Å²) >= 11 is 1.37. The van der Waals surface area contributed by atoms with Crippen LogP contribution >= 0.6 is 11.3 Å². The molecule has 2 saturated carbocycles. The van der Waals surface area contributed by atoms with Crippen molar-refractivity contribution in [1.82, 2.24) is 10.2 Å². The van der Waals surface area contributed by atoms with Crippen molar-refractivity contribution in [3.8, 4) is 11.8 Å². The van der Waals surface area contributed by atoms with Crippen molar-refractivity contribution in [3.63, 3.8) is 0 Å². The first kappa shape index (κ1) is 22.6. The maximum absolute atomic E-state index is 12.1. The first-order chi connectivity index (χ1) is 15.1. The normalized spacial score (nSPS) is 25.5. The molecule has 0 bridgehead atoms. The van der Waals surface area contributed by atoms with E-state index in [2.05, 4.69) is 42.1 Å². The number of hydrogen-bond donors (Lipinski definition) is 2. The largest absolute Gasteiger partial charge is 0.477 e. The number of nitrogens with one attached hydrogen (secondary N) is 1. The lowest BCUT2D eigenvalue weighted by atomic mass is 9.77. The van der Waals surface area contributed by atoms with E-state index >= 15 is 0 Å². The number of thiophene rings is 1. The van der Waals surface area contributed by atoms with Crippen LogP contribution in [0.5, 0.6) is 0 Å². The van der Waals surface area contributed by atoms with E-state index in [1.807, 2.05) is 0 Å². The first-order valence-electron chi connectivity index (χ1n) is 12.1. The molecule has 4 nitrogen and oxygen atoms in total. The molecule has 4 rings (SSSR count). The van der Waals surface area contributed by atoms with Gasteiger partial charge in [-0.05, 0) is 81.7 Å². The van der Waals surface area contributed by atoms with Gasteiger partial charge in [0.05, 0.1) is 4.88 Å². The summed E-state index contributed by atoms with van der Waals surface area (Å²) < 4.78 is 0. The predicted molar refractivity (Wildman–Crippen MR) is 129 cm³/mol. The number of aromatic carboxylic acids is 1. The van der Waals surface area contributed by atoms with E-state index < -0.39 is 5.97 Å². The number of carboxylic acids is 1. The maximum atomic E-state index is 12.1. The molecule has 3 aliphatic rings. The van der Waals surface area contributed by atoms with E-state index in [4.69, 9.17) is 0 Å².